The van der Waals surface area contributed by atoms with Gasteiger partial charge in [-0.15, -0.1) is 0 Å². The Hall–Kier alpha value is -6.89. The second-order valence-corrected chi connectivity index (χ2v) is 25.1. The molecule has 2 aliphatic carbocycles. The zero-order valence-corrected chi connectivity index (χ0v) is 55.1. The second kappa shape index (κ2) is 30.4. The third-order valence-electron chi connectivity index (χ3n) is 16.4. The van der Waals surface area contributed by atoms with Crippen molar-refractivity contribution in [3.8, 4) is 11.3 Å². The van der Waals surface area contributed by atoms with Gasteiger partial charge < -0.3 is 4.52 Å². The normalized spacial score (nSPS) is 15.2. The summed E-state index contributed by atoms with van der Waals surface area (Å²) < 4.78 is 348. The molecule has 1 saturated carbocycles. The molecule has 0 N–H and O–H groups in total. The molecule has 5 radical (unpaired) electrons. The summed E-state index contributed by atoms with van der Waals surface area (Å²) in [5.41, 5.74) is -20.4. The number of hydrogen-bond acceptors (Lipinski definition) is 2. The van der Waals surface area contributed by atoms with Gasteiger partial charge in [-0.1, -0.05) is 127 Å². The van der Waals surface area contributed by atoms with Gasteiger partial charge in [-0.25, -0.2) is 4.98 Å². The molecular weight excluding hydrogens is 1560 g/mol. The number of rotatable bonds is 9. The third-order valence-corrected chi connectivity index (χ3v) is 18.7. The number of aryl methyl sites for hydroxylation is 4. The second-order valence-electron chi connectivity index (χ2n) is 23.4. The molecule has 1 fully saturated rings. The van der Waals surface area contributed by atoms with Crippen molar-refractivity contribution in [3.05, 3.63) is 255 Å². The van der Waals surface area contributed by atoms with Crippen molar-refractivity contribution in [3.63, 3.8) is 0 Å². The number of aromatic nitrogens is 1. The Morgan fingerprint density at radius 3 is 0.919 bits per heavy atom. The van der Waals surface area contributed by atoms with Gasteiger partial charge in [0.1, 0.15) is 12.2 Å². The predicted molar refractivity (Wildman–Crippen MR) is 326 cm³/mol. The van der Waals surface area contributed by atoms with Crippen LogP contribution in [0.5, 0.6) is 0 Å². The summed E-state index contributed by atoms with van der Waals surface area (Å²) in [6.07, 6.45) is -38.8. The molecule has 0 aliphatic heterocycles. The molecule has 0 bridgehead atoms. The van der Waals surface area contributed by atoms with E-state index in [2.05, 4.69) is 132 Å². The predicted octanol–water partition coefficient (Wildman–Crippen LogP) is 20.6. The summed E-state index contributed by atoms with van der Waals surface area (Å²) in [5.74, 6) is 0. The SMILES string of the molecule is Cc1ccc(-c2cc(C)c3c(n2)[C@H](OP(c2ccccc2C)c2ccccc2C)CC3)cc1.FC(F)(F)c1cc([B-](c2cc(C(F)(F)F)cc(C(F)(F)F)c2)(c2cc(C(F)(F)F)cc(C(F)(F)F)c2)c2cc(C(F)(F)F)cc(C(F)(F)F)c2)cc(C(F)(F)F)c1.[CH]1[CH]CC[CH][CH]CC1.[Ir]. The Morgan fingerprint density at radius 1 is 0.364 bits per heavy atom. The topological polar surface area (TPSA) is 22.1 Å². The van der Waals surface area contributed by atoms with Crippen LogP contribution in [0, 0.1) is 53.4 Å². The van der Waals surface area contributed by atoms with E-state index in [0.717, 1.165) is 29.8 Å². The molecule has 29 heteroatoms. The molecule has 1 heterocycles. The van der Waals surface area contributed by atoms with Crippen LogP contribution in [0.2, 0.25) is 0 Å². The van der Waals surface area contributed by atoms with Gasteiger partial charge in [-0.3, -0.25) is 0 Å². The van der Waals surface area contributed by atoms with Crippen LogP contribution in [0.1, 0.15) is 116 Å². The number of benzene rings is 7. The molecule has 531 valence electrons. The van der Waals surface area contributed by atoms with Gasteiger partial charge >= 0.3 is 49.4 Å². The van der Waals surface area contributed by atoms with Gasteiger partial charge in [0.15, 0.2) is 0 Å². The average molecular weight is 1620 g/mol. The molecule has 0 saturated heterocycles. The van der Waals surface area contributed by atoms with Gasteiger partial charge in [0, 0.05) is 36.3 Å². The van der Waals surface area contributed by atoms with Crippen molar-refractivity contribution < 1.29 is 130 Å². The molecule has 8 aromatic rings. The summed E-state index contributed by atoms with van der Waals surface area (Å²) in [6, 6.07) is 19.4. The molecule has 7 aromatic carbocycles. The fourth-order valence-electron chi connectivity index (χ4n) is 11.6. The Labute approximate surface area is 567 Å². The number of alkyl halides is 24. The Balaban J connectivity index is 0.000000273. The van der Waals surface area contributed by atoms with Crippen LogP contribution in [0.3, 0.4) is 0 Å². The number of fused-ring (bicyclic) bond motifs is 1. The Bertz CT molecular complexity index is 3600. The quantitative estimate of drug-likeness (QED) is 0.0816. The van der Waals surface area contributed by atoms with Gasteiger partial charge in [-0.05, 0) is 144 Å². The summed E-state index contributed by atoms with van der Waals surface area (Å²) in [6.45, 7) is 8.71. The van der Waals surface area contributed by atoms with E-state index in [-0.39, 0.29) is 26.2 Å². The largest absolute Gasteiger partial charge is 0.416 e. The Kier molecular flexibility index (Phi) is 24.4. The molecule has 99 heavy (non-hydrogen) atoms. The minimum absolute atomic E-state index is 0. The number of hydrogen-bond donors (Lipinski definition) is 0. The van der Waals surface area contributed by atoms with Crippen molar-refractivity contribution in [1.29, 1.82) is 0 Å². The minimum Gasteiger partial charge on any atom is -0.340 e. The van der Waals surface area contributed by atoms with E-state index in [9.17, 15) is 105 Å². The van der Waals surface area contributed by atoms with E-state index in [1.165, 1.54) is 64.1 Å². The fourth-order valence-corrected chi connectivity index (χ4v) is 13.8. The molecule has 0 spiro atoms. The van der Waals surface area contributed by atoms with Gasteiger partial charge in [0.2, 0.25) is 0 Å². The van der Waals surface area contributed by atoms with Crippen molar-refractivity contribution in [2.24, 2.45) is 0 Å². The number of halogens is 24. The maximum absolute atomic E-state index is 14.2. The minimum atomic E-state index is -6.13. The summed E-state index contributed by atoms with van der Waals surface area (Å²) in [4.78, 5) is 5.17. The van der Waals surface area contributed by atoms with Crippen LogP contribution in [0.4, 0.5) is 105 Å². The van der Waals surface area contributed by atoms with Gasteiger partial charge in [-0.2, -0.15) is 127 Å². The molecule has 2 aliphatic rings. The maximum atomic E-state index is 14.2. The molecule has 10 rings (SSSR count). The monoisotopic (exact) mass is 1620 g/mol. The van der Waals surface area contributed by atoms with E-state index in [0.29, 0.717) is 0 Å². The van der Waals surface area contributed by atoms with E-state index in [1.807, 2.05) is 0 Å². The smallest absolute Gasteiger partial charge is 0.340 e. The molecule has 1 aromatic heterocycles. The van der Waals surface area contributed by atoms with Gasteiger partial charge in [0.25, 0.3) is 0 Å². The van der Waals surface area contributed by atoms with Crippen LogP contribution in [-0.2, 0) is 80.5 Å². The van der Waals surface area contributed by atoms with Crippen molar-refractivity contribution >= 4 is 46.8 Å². The van der Waals surface area contributed by atoms with Gasteiger partial charge in [0.05, 0.1) is 64.0 Å². The van der Waals surface area contributed by atoms with E-state index >= 15 is 0 Å². The molecular formula is C70H54BF24IrNOP-. The zero-order chi connectivity index (χ0) is 72.5. The number of nitrogens with zero attached hydrogens (tertiary/aromatic N) is 1. The van der Waals surface area contributed by atoms with Crippen molar-refractivity contribution in [2.45, 2.75) is 122 Å². The van der Waals surface area contributed by atoms with Crippen molar-refractivity contribution in [1.82, 2.24) is 4.98 Å². The first-order valence-corrected chi connectivity index (χ1v) is 30.8. The van der Waals surface area contributed by atoms with E-state index in [1.54, 1.807) is 0 Å². The third kappa shape index (κ3) is 19.2. The number of pyridine rings is 1. The molecule has 1 atom stereocenters. The summed E-state index contributed by atoms with van der Waals surface area (Å²) in [5, 5.41) is 2.59. The van der Waals surface area contributed by atoms with Crippen LogP contribution >= 0.6 is 8.15 Å². The summed E-state index contributed by atoms with van der Waals surface area (Å²) in [7, 11) is -0.946. The first kappa shape index (κ1) is 79.4. The van der Waals surface area contributed by atoms with Crippen LogP contribution in [-0.4, -0.2) is 11.1 Å². The Morgan fingerprint density at radius 2 is 0.646 bits per heavy atom. The first-order chi connectivity index (χ1) is 45.3. The molecule has 0 unspecified atom stereocenters. The van der Waals surface area contributed by atoms with Crippen molar-refractivity contribution in [2.75, 3.05) is 0 Å². The van der Waals surface area contributed by atoms with Crippen LogP contribution in [0.25, 0.3) is 11.3 Å². The van der Waals surface area contributed by atoms with Crippen LogP contribution < -0.4 is 32.5 Å². The van der Waals surface area contributed by atoms with Crippen LogP contribution in [0.15, 0.2) is 152 Å². The van der Waals surface area contributed by atoms with E-state index < -0.39 is 203 Å². The summed E-state index contributed by atoms with van der Waals surface area (Å²) >= 11 is 0. The maximum Gasteiger partial charge on any atom is 0.416 e. The standard InChI is InChI=1S/C32H12BF24.C30H30NOP.C8H12.Ir/c34-25(35,36)13-1-14(26(37,38)39)6-21(5-13)33(22-7-15(27(40,41)42)2-16(8-22)28(43,44)45,23-9-17(29(46,47)48)3-18(10-23)30(49,50)51)24-11-19(31(52,53)54)4-20(12-24)32(55,56)57;1-20-13-15-24(16-14-20)26-19-23(4)25-17-18-27(30(25)31-26)32-33(28-11-7-5-9-21(28)2)29-12-8-6-10-22(29)3;1-2-4-6-8-7-5-3-1;/h1-12H;5-16,19,27H,17-18H2,1-4H3;1-2,7-8H,3-6H2;/q-1;;;/t;27-;;/m.1../s1. The molecule has 0 amide bonds. The zero-order valence-electron chi connectivity index (χ0n) is 51.8. The molecule has 2 nitrogen and oxygen atoms in total. The average Bonchev–Trinajstić information content (AvgIpc) is 1.09. The van der Waals surface area contributed by atoms with E-state index in [4.69, 9.17) is 9.51 Å². The first-order valence-electron chi connectivity index (χ1n) is 29.6. The fraction of sp³-hybridized carbons (Fsp3) is 0.271.